The zero-order chi connectivity index (χ0) is 14.5. The number of phenols is 1. The summed E-state index contributed by atoms with van der Waals surface area (Å²) >= 11 is 5.78. The number of aliphatic carboxylic acids is 1. The third-order valence-electron chi connectivity index (χ3n) is 2.82. The molecule has 0 saturated carbocycles. The molecule has 0 radical (unpaired) electrons. The van der Waals surface area contributed by atoms with E-state index in [-0.39, 0.29) is 12.4 Å². The van der Waals surface area contributed by atoms with Gasteiger partial charge in [0.05, 0.1) is 0 Å². The van der Waals surface area contributed by atoms with Crippen LogP contribution in [-0.4, -0.2) is 22.8 Å². The minimum atomic E-state index is -0.967. The van der Waals surface area contributed by atoms with Gasteiger partial charge in [0, 0.05) is 5.02 Å². The Bertz CT molecular complexity index is 578. The van der Waals surface area contributed by atoms with E-state index < -0.39 is 11.9 Å². The summed E-state index contributed by atoms with van der Waals surface area (Å²) < 4.78 is 5.44. The summed E-state index contributed by atoms with van der Waals surface area (Å²) in [5.41, 5.74) is 0.626. The van der Waals surface area contributed by atoms with Crippen molar-refractivity contribution in [3.63, 3.8) is 0 Å². The van der Waals surface area contributed by atoms with E-state index in [4.69, 9.17) is 21.4 Å². The summed E-state index contributed by atoms with van der Waals surface area (Å²) in [7, 11) is 0. The number of hydrogen-bond acceptors (Lipinski definition) is 3. The molecular formula is C15H13ClO4. The van der Waals surface area contributed by atoms with Crippen LogP contribution in [0.4, 0.5) is 0 Å². The zero-order valence-electron chi connectivity index (χ0n) is 10.5. The second-order valence-corrected chi connectivity index (χ2v) is 4.68. The quantitative estimate of drug-likeness (QED) is 0.887. The number of phenolic OH excluding ortho intramolecular Hbond substituents is 1. The van der Waals surface area contributed by atoms with E-state index >= 15 is 0 Å². The van der Waals surface area contributed by atoms with Crippen LogP contribution in [-0.2, 0) is 4.79 Å². The molecule has 4 nitrogen and oxygen atoms in total. The average Bonchev–Trinajstić information content (AvgIpc) is 2.43. The van der Waals surface area contributed by atoms with Crippen molar-refractivity contribution in [2.45, 2.75) is 5.92 Å². The number of ether oxygens (including phenoxy) is 1. The van der Waals surface area contributed by atoms with E-state index in [1.165, 1.54) is 12.1 Å². The van der Waals surface area contributed by atoms with Gasteiger partial charge in [0.15, 0.2) is 0 Å². The van der Waals surface area contributed by atoms with Gasteiger partial charge in [0.1, 0.15) is 24.0 Å². The van der Waals surface area contributed by atoms with Crippen LogP contribution in [0.1, 0.15) is 11.5 Å². The number of hydrogen-bond donors (Lipinski definition) is 2. The number of benzene rings is 2. The number of aromatic hydroxyl groups is 1. The molecule has 0 heterocycles. The third kappa shape index (κ3) is 3.65. The fourth-order valence-electron chi connectivity index (χ4n) is 1.73. The van der Waals surface area contributed by atoms with Gasteiger partial charge >= 0.3 is 5.97 Å². The predicted octanol–water partition coefficient (Wildman–Crippen LogP) is 3.29. The minimum absolute atomic E-state index is 0.00173. The van der Waals surface area contributed by atoms with Gasteiger partial charge in [-0.2, -0.15) is 0 Å². The summed E-state index contributed by atoms with van der Waals surface area (Å²) in [4.78, 5) is 11.3. The molecule has 0 bridgehead atoms. The molecule has 0 saturated heterocycles. The lowest BCUT2D eigenvalue weighted by Crippen LogP contribution is -2.19. The molecule has 0 fully saturated rings. The molecule has 1 unspecified atom stereocenters. The number of rotatable bonds is 5. The van der Waals surface area contributed by atoms with E-state index in [0.29, 0.717) is 16.3 Å². The molecule has 2 rings (SSSR count). The predicted molar refractivity (Wildman–Crippen MR) is 75.4 cm³/mol. The smallest absolute Gasteiger partial charge is 0.314 e. The highest BCUT2D eigenvalue weighted by molar-refractivity contribution is 6.30. The molecule has 0 aliphatic carbocycles. The van der Waals surface area contributed by atoms with E-state index in [9.17, 15) is 9.90 Å². The van der Waals surface area contributed by atoms with Crippen molar-refractivity contribution in [2.24, 2.45) is 0 Å². The van der Waals surface area contributed by atoms with Gasteiger partial charge in [-0.3, -0.25) is 4.79 Å². The van der Waals surface area contributed by atoms with Gasteiger partial charge in [-0.25, -0.2) is 0 Å². The Balaban J connectivity index is 2.08. The van der Waals surface area contributed by atoms with Crippen LogP contribution >= 0.6 is 11.6 Å². The summed E-state index contributed by atoms with van der Waals surface area (Å²) in [6, 6.07) is 12.7. The SMILES string of the molecule is O=C(O)C(COc1ccc(O)cc1)c1ccc(Cl)cc1. The fourth-order valence-corrected chi connectivity index (χ4v) is 1.85. The number of halogens is 1. The van der Waals surface area contributed by atoms with Gasteiger partial charge in [-0.1, -0.05) is 23.7 Å². The molecule has 1 atom stereocenters. The Hall–Kier alpha value is -2.20. The average molecular weight is 293 g/mol. The van der Waals surface area contributed by atoms with Crippen LogP contribution in [0.25, 0.3) is 0 Å². The van der Waals surface area contributed by atoms with Gasteiger partial charge in [0.2, 0.25) is 0 Å². The number of carboxylic acid groups (broad SMARTS) is 1. The van der Waals surface area contributed by atoms with Crippen molar-refractivity contribution in [1.82, 2.24) is 0 Å². The van der Waals surface area contributed by atoms with Crippen LogP contribution < -0.4 is 4.74 Å². The van der Waals surface area contributed by atoms with Crippen molar-refractivity contribution in [1.29, 1.82) is 0 Å². The molecule has 0 aliphatic heterocycles. The lowest BCUT2D eigenvalue weighted by atomic mass is 10.0. The molecular weight excluding hydrogens is 280 g/mol. The van der Waals surface area contributed by atoms with E-state index in [0.717, 1.165) is 0 Å². The monoisotopic (exact) mass is 292 g/mol. The second kappa shape index (κ2) is 6.30. The van der Waals surface area contributed by atoms with Crippen LogP contribution in [0.3, 0.4) is 0 Å². The summed E-state index contributed by atoms with van der Waals surface area (Å²) in [5, 5.41) is 19.0. The van der Waals surface area contributed by atoms with Gasteiger partial charge in [-0.15, -0.1) is 0 Å². The molecule has 2 N–H and O–H groups in total. The van der Waals surface area contributed by atoms with Crippen LogP contribution in [0.2, 0.25) is 5.02 Å². The number of carboxylic acids is 1. The van der Waals surface area contributed by atoms with Crippen molar-refractivity contribution in [3.8, 4) is 11.5 Å². The van der Waals surface area contributed by atoms with Crippen molar-refractivity contribution >= 4 is 17.6 Å². The number of carbonyl (C=O) groups is 1. The van der Waals surface area contributed by atoms with Crippen molar-refractivity contribution in [2.75, 3.05) is 6.61 Å². The normalized spacial score (nSPS) is 11.8. The minimum Gasteiger partial charge on any atom is -0.508 e. The molecule has 104 valence electrons. The summed E-state index contributed by atoms with van der Waals surface area (Å²) in [5.74, 6) is -1.11. The van der Waals surface area contributed by atoms with Crippen molar-refractivity contribution in [3.05, 3.63) is 59.1 Å². The van der Waals surface area contributed by atoms with Gasteiger partial charge in [-0.05, 0) is 42.0 Å². The standard InChI is InChI=1S/C15H13ClO4/c16-11-3-1-10(2-4-11)14(15(18)19)9-20-13-7-5-12(17)6-8-13/h1-8,14,17H,9H2,(H,18,19). The first-order valence-electron chi connectivity index (χ1n) is 5.96. The highest BCUT2D eigenvalue weighted by Gasteiger charge is 2.20. The molecule has 0 aromatic heterocycles. The maximum Gasteiger partial charge on any atom is 0.314 e. The molecule has 5 heteroatoms. The second-order valence-electron chi connectivity index (χ2n) is 4.25. The topological polar surface area (TPSA) is 66.8 Å². The highest BCUT2D eigenvalue weighted by atomic mass is 35.5. The van der Waals surface area contributed by atoms with E-state index in [2.05, 4.69) is 0 Å². The Morgan fingerprint density at radius 1 is 1.10 bits per heavy atom. The molecule has 0 aliphatic rings. The van der Waals surface area contributed by atoms with Crippen LogP contribution in [0, 0.1) is 0 Å². The first kappa shape index (κ1) is 14.2. The maximum atomic E-state index is 11.3. The fraction of sp³-hybridized carbons (Fsp3) is 0.133. The lowest BCUT2D eigenvalue weighted by molar-refractivity contribution is -0.139. The first-order chi connectivity index (χ1) is 9.56. The van der Waals surface area contributed by atoms with Crippen LogP contribution in [0.15, 0.2) is 48.5 Å². The lowest BCUT2D eigenvalue weighted by Gasteiger charge is -2.14. The van der Waals surface area contributed by atoms with Crippen molar-refractivity contribution < 1.29 is 19.7 Å². The molecule has 2 aromatic rings. The zero-order valence-corrected chi connectivity index (χ0v) is 11.2. The Morgan fingerprint density at radius 2 is 1.70 bits per heavy atom. The summed E-state index contributed by atoms with van der Waals surface area (Å²) in [6.07, 6.45) is 0. The Morgan fingerprint density at radius 3 is 2.25 bits per heavy atom. The van der Waals surface area contributed by atoms with Crippen LogP contribution in [0.5, 0.6) is 11.5 Å². The van der Waals surface area contributed by atoms with Gasteiger partial charge in [0.25, 0.3) is 0 Å². The summed E-state index contributed by atoms with van der Waals surface area (Å²) in [6.45, 7) is 0.00173. The molecule has 0 amide bonds. The van der Waals surface area contributed by atoms with E-state index in [1.807, 2.05) is 0 Å². The third-order valence-corrected chi connectivity index (χ3v) is 3.08. The maximum absolute atomic E-state index is 11.3. The first-order valence-corrected chi connectivity index (χ1v) is 6.34. The Labute approximate surface area is 121 Å². The molecule has 20 heavy (non-hydrogen) atoms. The van der Waals surface area contributed by atoms with Gasteiger partial charge < -0.3 is 14.9 Å². The molecule has 0 spiro atoms. The highest BCUT2D eigenvalue weighted by Crippen LogP contribution is 2.22. The van der Waals surface area contributed by atoms with E-state index in [1.54, 1.807) is 36.4 Å². The Kier molecular flexibility index (Phi) is 4.48. The molecule has 2 aromatic carbocycles. The largest absolute Gasteiger partial charge is 0.508 e.